The van der Waals surface area contributed by atoms with Crippen molar-refractivity contribution in [2.75, 3.05) is 27.2 Å². The number of aromatic nitrogens is 1. The van der Waals surface area contributed by atoms with E-state index in [0.29, 0.717) is 12.2 Å². The smallest absolute Gasteiger partial charge is 0.271 e. The van der Waals surface area contributed by atoms with Gasteiger partial charge in [-0.05, 0) is 55.1 Å². The Morgan fingerprint density at radius 3 is 2.94 bits per heavy atom. The first-order chi connectivity index (χ1) is 7.61. The van der Waals surface area contributed by atoms with Crippen molar-refractivity contribution in [3.8, 4) is 0 Å². The van der Waals surface area contributed by atoms with Gasteiger partial charge in [-0.1, -0.05) is 0 Å². The van der Waals surface area contributed by atoms with Crippen LogP contribution in [0.15, 0.2) is 22.8 Å². The average molecular weight is 286 g/mol. The topological polar surface area (TPSA) is 45.2 Å². The Morgan fingerprint density at radius 2 is 2.31 bits per heavy atom. The minimum absolute atomic E-state index is 0.133. The van der Waals surface area contributed by atoms with Gasteiger partial charge in [0.05, 0.1) is 0 Å². The van der Waals surface area contributed by atoms with Gasteiger partial charge in [-0.15, -0.1) is 0 Å². The van der Waals surface area contributed by atoms with E-state index in [1.54, 1.807) is 12.3 Å². The van der Waals surface area contributed by atoms with E-state index >= 15 is 0 Å². The molecule has 0 aliphatic rings. The molecule has 1 aromatic rings. The quantitative estimate of drug-likeness (QED) is 0.835. The summed E-state index contributed by atoms with van der Waals surface area (Å²) in [7, 11) is 4.02. The van der Waals surface area contributed by atoms with Crippen LogP contribution in [-0.2, 0) is 0 Å². The van der Waals surface area contributed by atoms with E-state index in [9.17, 15) is 4.79 Å². The van der Waals surface area contributed by atoms with E-state index in [4.69, 9.17) is 0 Å². The van der Waals surface area contributed by atoms with Gasteiger partial charge in [0.25, 0.3) is 5.91 Å². The summed E-state index contributed by atoms with van der Waals surface area (Å²) in [6.45, 7) is 1.63. The van der Waals surface area contributed by atoms with Crippen molar-refractivity contribution in [2.24, 2.45) is 0 Å². The van der Waals surface area contributed by atoms with Crippen molar-refractivity contribution >= 4 is 21.8 Å². The number of pyridine rings is 1. The van der Waals surface area contributed by atoms with Crippen LogP contribution in [0.25, 0.3) is 0 Å². The van der Waals surface area contributed by atoms with E-state index < -0.39 is 0 Å². The van der Waals surface area contributed by atoms with E-state index in [-0.39, 0.29) is 5.91 Å². The van der Waals surface area contributed by atoms with E-state index in [1.165, 1.54) is 0 Å². The first-order valence-electron chi connectivity index (χ1n) is 5.14. The molecule has 0 aromatic carbocycles. The monoisotopic (exact) mass is 285 g/mol. The lowest BCUT2D eigenvalue weighted by Crippen LogP contribution is -2.28. The molecule has 0 atom stereocenters. The molecule has 0 saturated heterocycles. The zero-order valence-electron chi connectivity index (χ0n) is 9.53. The van der Waals surface area contributed by atoms with Crippen LogP contribution in [0.4, 0.5) is 0 Å². The third-order valence-electron chi connectivity index (χ3n) is 2.04. The molecular formula is C11H16BrN3O. The first kappa shape index (κ1) is 13.1. The molecule has 0 radical (unpaired) electrons. The summed E-state index contributed by atoms with van der Waals surface area (Å²) >= 11 is 3.30. The number of hydrogen-bond acceptors (Lipinski definition) is 3. The van der Waals surface area contributed by atoms with Gasteiger partial charge in [-0.3, -0.25) is 4.79 Å². The summed E-state index contributed by atoms with van der Waals surface area (Å²) in [4.78, 5) is 17.8. The molecule has 0 saturated carbocycles. The highest BCUT2D eigenvalue weighted by atomic mass is 79.9. The van der Waals surface area contributed by atoms with Crippen LogP contribution in [0, 0.1) is 0 Å². The molecule has 1 aromatic heterocycles. The number of halogens is 1. The molecule has 0 spiro atoms. The summed E-state index contributed by atoms with van der Waals surface area (Å²) in [6, 6.07) is 3.59. The summed E-state index contributed by atoms with van der Waals surface area (Å²) in [5, 5.41) is 2.84. The Hall–Kier alpha value is -0.940. The lowest BCUT2D eigenvalue weighted by Gasteiger charge is -2.09. The highest BCUT2D eigenvalue weighted by molar-refractivity contribution is 9.10. The number of nitrogens with one attached hydrogen (secondary N) is 1. The van der Waals surface area contributed by atoms with Crippen LogP contribution in [0.2, 0.25) is 0 Å². The molecule has 5 heteroatoms. The van der Waals surface area contributed by atoms with Crippen molar-refractivity contribution in [1.82, 2.24) is 15.2 Å². The molecule has 1 amide bonds. The van der Waals surface area contributed by atoms with Crippen molar-refractivity contribution in [2.45, 2.75) is 6.42 Å². The third-order valence-corrected chi connectivity index (χ3v) is 2.68. The highest BCUT2D eigenvalue weighted by Crippen LogP contribution is 2.12. The van der Waals surface area contributed by atoms with Gasteiger partial charge in [0.15, 0.2) is 0 Å². The second-order valence-corrected chi connectivity index (χ2v) is 4.60. The third kappa shape index (κ3) is 4.28. The minimum atomic E-state index is -0.133. The van der Waals surface area contributed by atoms with Crippen LogP contribution < -0.4 is 5.32 Å². The molecule has 1 heterocycles. The van der Waals surface area contributed by atoms with Crippen molar-refractivity contribution in [1.29, 1.82) is 0 Å². The number of hydrogen-bond donors (Lipinski definition) is 1. The second kappa shape index (κ2) is 6.60. The number of carbonyl (C=O) groups excluding carboxylic acids is 1. The molecule has 0 aliphatic carbocycles. The van der Waals surface area contributed by atoms with Crippen molar-refractivity contribution in [3.63, 3.8) is 0 Å². The summed E-state index contributed by atoms with van der Waals surface area (Å²) in [5.41, 5.74) is 0.437. The Balaban J connectivity index is 2.39. The van der Waals surface area contributed by atoms with E-state index in [0.717, 1.165) is 17.4 Å². The fraction of sp³-hybridized carbons (Fsp3) is 0.455. The number of nitrogens with zero attached hydrogens (tertiary/aromatic N) is 2. The molecule has 88 valence electrons. The first-order valence-corrected chi connectivity index (χ1v) is 5.94. The maximum atomic E-state index is 11.7. The molecule has 16 heavy (non-hydrogen) atoms. The maximum Gasteiger partial charge on any atom is 0.271 e. The van der Waals surface area contributed by atoms with Crippen LogP contribution >= 0.6 is 15.9 Å². The molecule has 0 bridgehead atoms. The Bertz CT molecular complexity index is 355. The molecule has 1 rings (SSSR count). The summed E-state index contributed by atoms with van der Waals surface area (Å²) in [6.07, 6.45) is 2.54. The Kier molecular flexibility index (Phi) is 5.42. The fourth-order valence-electron chi connectivity index (χ4n) is 1.23. The van der Waals surface area contributed by atoms with E-state index in [2.05, 4.69) is 31.1 Å². The Labute approximate surface area is 104 Å². The number of carbonyl (C=O) groups is 1. The molecule has 0 fully saturated rings. The fourth-order valence-corrected chi connectivity index (χ4v) is 1.67. The SMILES string of the molecule is CN(C)CCCNC(=O)c1ncccc1Br. The Morgan fingerprint density at radius 1 is 1.56 bits per heavy atom. The van der Waals surface area contributed by atoms with Gasteiger partial charge in [-0.25, -0.2) is 4.98 Å². The second-order valence-electron chi connectivity index (χ2n) is 3.75. The zero-order chi connectivity index (χ0) is 12.0. The van der Waals surface area contributed by atoms with Gasteiger partial charge in [0, 0.05) is 17.2 Å². The maximum absolute atomic E-state index is 11.7. The van der Waals surface area contributed by atoms with Gasteiger partial charge in [0.2, 0.25) is 0 Å². The molecular weight excluding hydrogens is 270 g/mol. The van der Waals surface area contributed by atoms with Crippen LogP contribution in [0.3, 0.4) is 0 Å². The van der Waals surface area contributed by atoms with Gasteiger partial charge in [-0.2, -0.15) is 0 Å². The van der Waals surface area contributed by atoms with Crippen molar-refractivity contribution in [3.05, 3.63) is 28.5 Å². The predicted octanol–water partition coefficient (Wildman–Crippen LogP) is 1.53. The predicted molar refractivity (Wildman–Crippen MR) is 67.4 cm³/mol. The largest absolute Gasteiger partial charge is 0.351 e. The minimum Gasteiger partial charge on any atom is -0.351 e. The normalized spacial score (nSPS) is 10.5. The average Bonchev–Trinajstić information content (AvgIpc) is 2.24. The van der Waals surface area contributed by atoms with Gasteiger partial charge in [0.1, 0.15) is 5.69 Å². The van der Waals surface area contributed by atoms with Gasteiger partial charge >= 0.3 is 0 Å². The summed E-state index contributed by atoms with van der Waals surface area (Å²) < 4.78 is 0.722. The standard InChI is InChI=1S/C11H16BrN3O/c1-15(2)8-4-7-14-11(16)10-9(12)5-3-6-13-10/h3,5-6H,4,7-8H2,1-2H3,(H,14,16). The van der Waals surface area contributed by atoms with Crippen LogP contribution in [-0.4, -0.2) is 43.0 Å². The zero-order valence-corrected chi connectivity index (χ0v) is 11.1. The van der Waals surface area contributed by atoms with Crippen LogP contribution in [0.1, 0.15) is 16.9 Å². The number of amides is 1. The van der Waals surface area contributed by atoms with Crippen LogP contribution in [0.5, 0.6) is 0 Å². The van der Waals surface area contributed by atoms with Crippen molar-refractivity contribution < 1.29 is 4.79 Å². The lowest BCUT2D eigenvalue weighted by molar-refractivity contribution is 0.0946. The number of rotatable bonds is 5. The molecule has 0 unspecified atom stereocenters. The van der Waals surface area contributed by atoms with E-state index in [1.807, 2.05) is 20.2 Å². The van der Waals surface area contributed by atoms with Gasteiger partial charge < -0.3 is 10.2 Å². The highest BCUT2D eigenvalue weighted by Gasteiger charge is 2.09. The molecule has 4 nitrogen and oxygen atoms in total. The lowest BCUT2D eigenvalue weighted by atomic mass is 10.3. The molecule has 1 N–H and O–H groups in total. The summed E-state index contributed by atoms with van der Waals surface area (Å²) in [5.74, 6) is -0.133. The molecule has 0 aliphatic heterocycles.